The third-order valence-electron chi connectivity index (χ3n) is 7.15. The Morgan fingerprint density at radius 3 is 2.47 bits per heavy atom. The second kappa shape index (κ2) is 8.39. The molecule has 9 nitrogen and oxygen atoms in total. The molecule has 2 aromatic heterocycles. The lowest BCUT2D eigenvalue weighted by atomic mass is 10.1. The zero-order valence-electron chi connectivity index (χ0n) is 19.8. The molecular weight excluding hydrogens is 488 g/mol. The lowest BCUT2D eigenvalue weighted by molar-refractivity contribution is -0.0221. The molecule has 6 rings (SSSR count). The smallest absolute Gasteiger partial charge is 0.251 e. The molecule has 0 spiro atoms. The monoisotopic (exact) mass is 515 g/mol. The number of anilines is 3. The molecule has 2 aliphatic heterocycles. The van der Waals surface area contributed by atoms with E-state index in [4.69, 9.17) is 0 Å². The molecular formula is C24H27F2N7O2S. The van der Waals surface area contributed by atoms with Crippen LogP contribution in [0.15, 0.2) is 42.6 Å². The third kappa shape index (κ3) is 4.73. The highest BCUT2D eigenvalue weighted by molar-refractivity contribution is 7.92. The van der Waals surface area contributed by atoms with Gasteiger partial charge < -0.3 is 9.80 Å². The second-order valence-corrected chi connectivity index (χ2v) is 11.8. The Kier molecular flexibility index (Phi) is 5.39. The van der Waals surface area contributed by atoms with Crippen LogP contribution < -0.4 is 14.5 Å². The summed E-state index contributed by atoms with van der Waals surface area (Å²) in [5.74, 6) is -0.586. The molecule has 4 heterocycles. The predicted molar refractivity (Wildman–Crippen MR) is 133 cm³/mol. The summed E-state index contributed by atoms with van der Waals surface area (Å²) in [7, 11) is -3.41. The van der Waals surface area contributed by atoms with Crippen molar-refractivity contribution in [3.05, 3.63) is 42.6 Å². The van der Waals surface area contributed by atoms with Gasteiger partial charge in [0.05, 0.1) is 35.2 Å². The molecule has 1 aliphatic carbocycles. The van der Waals surface area contributed by atoms with Crippen molar-refractivity contribution >= 4 is 27.2 Å². The molecule has 12 heteroatoms. The van der Waals surface area contributed by atoms with Crippen molar-refractivity contribution in [1.29, 1.82) is 0 Å². The first-order chi connectivity index (χ1) is 17.1. The first-order valence-corrected chi connectivity index (χ1v) is 13.9. The van der Waals surface area contributed by atoms with Crippen LogP contribution in [0.25, 0.3) is 17.1 Å². The van der Waals surface area contributed by atoms with Crippen molar-refractivity contribution in [1.82, 2.24) is 20.0 Å². The largest absolute Gasteiger partial charge is 0.369 e. The number of nitrogens with one attached hydrogen (secondary N) is 1. The summed E-state index contributed by atoms with van der Waals surface area (Å²) in [5.41, 5.74) is 3.36. The minimum atomic E-state index is -3.41. The summed E-state index contributed by atoms with van der Waals surface area (Å²) in [6.07, 6.45) is 3.80. The van der Waals surface area contributed by atoms with Gasteiger partial charge in [-0.25, -0.2) is 26.9 Å². The zero-order valence-corrected chi connectivity index (χ0v) is 20.6. The van der Waals surface area contributed by atoms with Gasteiger partial charge in [0.1, 0.15) is 11.5 Å². The Morgan fingerprint density at radius 1 is 1.00 bits per heavy atom. The van der Waals surface area contributed by atoms with Gasteiger partial charge in [-0.3, -0.25) is 4.72 Å². The number of hydrogen-bond acceptors (Lipinski definition) is 7. The lowest BCUT2D eigenvalue weighted by Gasteiger charge is -2.32. The van der Waals surface area contributed by atoms with Crippen LogP contribution in [0.4, 0.5) is 26.0 Å². The van der Waals surface area contributed by atoms with Crippen LogP contribution in [0.2, 0.25) is 0 Å². The molecule has 2 atom stereocenters. The highest BCUT2D eigenvalue weighted by Gasteiger charge is 2.45. The van der Waals surface area contributed by atoms with Crippen molar-refractivity contribution in [2.45, 2.75) is 25.2 Å². The van der Waals surface area contributed by atoms with Gasteiger partial charge in [-0.05, 0) is 48.6 Å². The maximum Gasteiger partial charge on any atom is 0.251 e. The van der Waals surface area contributed by atoms with E-state index in [0.717, 1.165) is 30.7 Å². The van der Waals surface area contributed by atoms with Crippen LogP contribution in [0.5, 0.6) is 0 Å². The number of piperidine rings is 2. The van der Waals surface area contributed by atoms with E-state index in [1.807, 2.05) is 35.2 Å². The number of aromatic nitrogens is 4. The number of sulfonamides is 1. The standard InChI is InChI=1S/C24H27F2N7O2S/c1-36(34,35)29-18-5-6-21(22(12-18)32-13-16-11-17(16)14-32)33-15-20(28-30-33)19-3-2-4-23(27-19)31-9-7-24(25,26)8-10-31/h2-6,12,15-17,29H,7-11,13-14H2,1H3. The molecule has 0 radical (unpaired) electrons. The van der Waals surface area contributed by atoms with Gasteiger partial charge >= 0.3 is 0 Å². The molecule has 3 aliphatic rings. The van der Waals surface area contributed by atoms with Gasteiger partial charge in [-0.1, -0.05) is 11.3 Å². The third-order valence-corrected chi connectivity index (χ3v) is 7.76. The van der Waals surface area contributed by atoms with Crippen LogP contribution in [0.1, 0.15) is 19.3 Å². The SMILES string of the molecule is CS(=O)(=O)Nc1ccc(-n2cc(-c3cccc(N4CCC(F)(F)CC4)n3)nn2)c(N2CC3CC3C2)c1. The number of fused-ring (bicyclic) bond motifs is 1. The minimum Gasteiger partial charge on any atom is -0.369 e. The van der Waals surface area contributed by atoms with Crippen LogP contribution in [0, 0.1) is 11.8 Å². The Bertz CT molecular complexity index is 1390. The molecule has 1 N–H and O–H groups in total. The average Bonchev–Trinajstić information content (AvgIpc) is 3.20. The minimum absolute atomic E-state index is 0.180. The number of hydrogen-bond donors (Lipinski definition) is 1. The van der Waals surface area contributed by atoms with E-state index in [1.165, 1.54) is 6.42 Å². The summed E-state index contributed by atoms with van der Waals surface area (Å²) in [6, 6.07) is 10.9. The van der Waals surface area contributed by atoms with Crippen LogP contribution in [0.3, 0.4) is 0 Å². The van der Waals surface area contributed by atoms with Crippen molar-refractivity contribution in [3.8, 4) is 17.1 Å². The molecule has 0 amide bonds. The maximum absolute atomic E-state index is 13.6. The number of halogens is 2. The summed E-state index contributed by atoms with van der Waals surface area (Å²) < 4.78 is 54.9. The highest BCUT2D eigenvalue weighted by Crippen LogP contribution is 2.47. The summed E-state index contributed by atoms with van der Waals surface area (Å²) in [5, 5.41) is 8.67. The predicted octanol–water partition coefficient (Wildman–Crippen LogP) is 3.39. The van der Waals surface area contributed by atoms with Crippen molar-refractivity contribution < 1.29 is 17.2 Å². The number of pyridine rings is 1. The fourth-order valence-electron chi connectivity index (χ4n) is 5.15. The Labute approximate surface area is 208 Å². The van der Waals surface area contributed by atoms with E-state index >= 15 is 0 Å². The number of nitrogens with zero attached hydrogens (tertiary/aromatic N) is 6. The molecule has 0 bridgehead atoms. The first-order valence-electron chi connectivity index (χ1n) is 12.0. The normalized spacial score (nSPS) is 23.0. The van der Waals surface area contributed by atoms with Crippen LogP contribution in [-0.4, -0.2) is 66.8 Å². The fourth-order valence-corrected chi connectivity index (χ4v) is 5.70. The van der Waals surface area contributed by atoms with E-state index < -0.39 is 15.9 Å². The number of rotatable bonds is 6. The average molecular weight is 516 g/mol. The van der Waals surface area contributed by atoms with Crippen molar-refractivity contribution in [3.63, 3.8) is 0 Å². The van der Waals surface area contributed by atoms with Crippen molar-refractivity contribution in [2.24, 2.45) is 11.8 Å². The fraction of sp³-hybridized carbons (Fsp3) is 0.458. The highest BCUT2D eigenvalue weighted by atomic mass is 32.2. The molecule has 36 heavy (non-hydrogen) atoms. The maximum atomic E-state index is 13.6. The van der Waals surface area contributed by atoms with Gasteiger partial charge in [-0.15, -0.1) is 5.10 Å². The van der Waals surface area contributed by atoms with E-state index in [9.17, 15) is 17.2 Å². The molecule has 1 aromatic carbocycles. The Balaban J connectivity index is 1.29. The molecule has 1 saturated carbocycles. The van der Waals surface area contributed by atoms with Gasteiger partial charge in [0.15, 0.2) is 0 Å². The van der Waals surface area contributed by atoms with E-state index in [-0.39, 0.29) is 25.9 Å². The van der Waals surface area contributed by atoms with Gasteiger partial charge in [0.2, 0.25) is 10.0 Å². The number of alkyl halides is 2. The summed E-state index contributed by atoms with van der Waals surface area (Å²) in [4.78, 5) is 8.81. The summed E-state index contributed by atoms with van der Waals surface area (Å²) in [6.45, 7) is 2.37. The molecule has 3 fully saturated rings. The van der Waals surface area contributed by atoms with Gasteiger partial charge in [0, 0.05) is 39.0 Å². The quantitative estimate of drug-likeness (QED) is 0.538. The lowest BCUT2D eigenvalue weighted by Crippen LogP contribution is -2.39. The van der Waals surface area contributed by atoms with Crippen LogP contribution >= 0.6 is 0 Å². The molecule has 2 saturated heterocycles. The van der Waals surface area contributed by atoms with Gasteiger partial charge in [-0.2, -0.15) is 0 Å². The van der Waals surface area contributed by atoms with E-state index in [1.54, 1.807) is 16.9 Å². The van der Waals surface area contributed by atoms with Crippen LogP contribution in [-0.2, 0) is 10.0 Å². The van der Waals surface area contributed by atoms with Gasteiger partial charge in [0.25, 0.3) is 5.92 Å². The summed E-state index contributed by atoms with van der Waals surface area (Å²) >= 11 is 0. The Hall–Kier alpha value is -3.28. The van der Waals surface area contributed by atoms with E-state index in [0.29, 0.717) is 34.7 Å². The second-order valence-electron chi connectivity index (χ2n) is 10.0. The topological polar surface area (TPSA) is 96.2 Å². The molecule has 190 valence electrons. The zero-order chi connectivity index (χ0) is 25.1. The first kappa shape index (κ1) is 23.1. The number of benzene rings is 1. The van der Waals surface area contributed by atoms with E-state index in [2.05, 4.69) is 24.9 Å². The molecule has 2 unspecified atom stereocenters. The molecule has 3 aromatic rings. The van der Waals surface area contributed by atoms with Crippen molar-refractivity contribution in [2.75, 3.05) is 47.0 Å². The Morgan fingerprint density at radius 2 is 1.75 bits per heavy atom.